The molecule has 0 aliphatic carbocycles. The molecular formula is C14H13NOS. The number of fused-ring (bicyclic) bond motifs is 1. The van der Waals surface area contributed by atoms with Gasteiger partial charge in [0.1, 0.15) is 0 Å². The second-order valence-corrected chi connectivity index (χ2v) is 5.62. The van der Waals surface area contributed by atoms with Gasteiger partial charge in [0.25, 0.3) is 0 Å². The molecule has 0 amide bonds. The highest BCUT2D eigenvalue weighted by Gasteiger charge is 2.21. The average Bonchev–Trinajstić information content (AvgIpc) is 2.74. The van der Waals surface area contributed by atoms with Crippen molar-refractivity contribution in [1.29, 1.82) is 0 Å². The van der Waals surface area contributed by atoms with Crippen molar-refractivity contribution in [3.8, 4) is 0 Å². The van der Waals surface area contributed by atoms with Gasteiger partial charge in [0, 0.05) is 41.2 Å². The van der Waals surface area contributed by atoms with E-state index >= 15 is 0 Å². The number of hydrogen-bond donors (Lipinski definition) is 0. The topological polar surface area (TPSA) is 22.0 Å². The molecule has 2 heterocycles. The van der Waals surface area contributed by atoms with Crippen molar-refractivity contribution in [2.45, 2.75) is 23.1 Å². The number of hydrogen-bond acceptors (Lipinski definition) is 2. The SMILES string of the molecule is O=c1ccn(CC2Cc3ccccc3S2)cc1. The fourth-order valence-electron chi connectivity index (χ4n) is 2.16. The van der Waals surface area contributed by atoms with Crippen LogP contribution in [-0.2, 0) is 13.0 Å². The van der Waals surface area contributed by atoms with Crippen LogP contribution in [-0.4, -0.2) is 9.82 Å². The van der Waals surface area contributed by atoms with E-state index in [-0.39, 0.29) is 5.43 Å². The molecule has 3 heteroatoms. The molecular weight excluding hydrogens is 230 g/mol. The summed E-state index contributed by atoms with van der Waals surface area (Å²) in [6.45, 7) is 0.958. The van der Waals surface area contributed by atoms with E-state index < -0.39 is 0 Å². The van der Waals surface area contributed by atoms with E-state index in [4.69, 9.17) is 0 Å². The molecule has 0 saturated carbocycles. The van der Waals surface area contributed by atoms with Crippen molar-refractivity contribution in [2.24, 2.45) is 0 Å². The quantitative estimate of drug-likeness (QED) is 0.808. The molecule has 1 aliphatic rings. The van der Waals surface area contributed by atoms with Crippen LogP contribution in [0.1, 0.15) is 5.56 Å². The van der Waals surface area contributed by atoms with Crippen LogP contribution in [0.2, 0.25) is 0 Å². The van der Waals surface area contributed by atoms with Crippen LogP contribution in [0.5, 0.6) is 0 Å². The Balaban J connectivity index is 1.73. The number of aromatic nitrogens is 1. The number of pyridine rings is 1. The summed E-state index contributed by atoms with van der Waals surface area (Å²) in [7, 11) is 0. The maximum absolute atomic E-state index is 11.0. The zero-order valence-corrected chi connectivity index (χ0v) is 10.2. The van der Waals surface area contributed by atoms with Gasteiger partial charge in [-0.1, -0.05) is 18.2 Å². The van der Waals surface area contributed by atoms with Crippen LogP contribution >= 0.6 is 11.8 Å². The minimum Gasteiger partial charge on any atom is -0.353 e. The normalized spacial score (nSPS) is 18.0. The molecule has 1 aromatic carbocycles. The van der Waals surface area contributed by atoms with Gasteiger partial charge in [-0.15, -0.1) is 11.8 Å². The smallest absolute Gasteiger partial charge is 0.181 e. The van der Waals surface area contributed by atoms with Gasteiger partial charge in [0.2, 0.25) is 0 Å². The summed E-state index contributed by atoms with van der Waals surface area (Å²) in [4.78, 5) is 12.4. The maximum Gasteiger partial charge on any atom is 0.181 e. The second-order valence-electron chi connectivity index (χ2n) is 4.28. The molecule has 0 radical (unpaired) electrons. The van der Waals surface area contributed by atoms with Crippen molar-refractivity contribution in [2.75, 3.05) is 0 Å². The molecule has 2 nitrogen and oxygen atoms in total. The fraction of sp³-hybridized carbons (Fsp3) is 0.214. The average molecular weight is 243 g/mol. The third-order valence-corrected chi connectivity index (χ3v) is 4.29. The standard InChI is InChI=1S/C14H13NOS/c16-12-5-7-15(8-6-12)10-13-9-11-3-1-2-4-14(11)17-13/h1-8,13H,9-10H2. The minimum atomic E-state index is 0.0728. The molecule has 0 saturated heterocycles. The first-order valence-corrected chi connectivity index (χ1v) is 6.60. The molecule has 1 aromatic heterocycles. The van der Waals surface area contributed by atoms with Crippen molar-refractivity contribution in [1.82, 2.24) is 4.57 Å². The molecule has 0 bridgehead atoms. The van der Waals surface area contributed by atoms with Crippen LogP contribution in [0.15, 0.2) is 58.5 Å². The molecule has 2 aromatic rings. The summed E-state index contributed by atoms with van der Waals surface area (Å²) >= 11 is 1.94. The Hall–Kier alpha value is -1.48. The van der Waals surface area contributed by atoms with Gasteiger partial charge in [-0.2, -0.15) is 0 Å². The lowest BCUT2D eigenvalue weighted by atomic mass is 10.1. The van der Waals surface area contributed by atoms with Gasteiger partial charge in [0.15, 0.2) is 5.43 Å². The van der Waals surface area contributed by atoms with E-state index in [1.54, 1.807) is 12.1 Å². The fourth-order valence-corrected chi connectivity index (χ4v) is 3.48. The highest BCUT2D eigenvalue weighted by molar-refractivity contribution is 8.00. The Bertz CT molecular complexity index is 545. The van der Waals surface area contributed by atoms with E-state index in [0.29, 0.717) is 5.25 Å². The van der Waals surface area contributed by atoms with Crippen molar-refractivity contribution in [3.63, 3.8) is 0 Å². The zero-order valence-electron chi connectivity index (χ0n) is 9.37. The summed E-state index contributed by atoms with van der Waals surface area (Å²) in [6.07, 6.45) is 4.85. The maximum atomic E-state index is 11.0. The number of nitrogens with zero attached hydrogens (tertiary/aromatic N) is 1. The van der Waals surface area contributed by atoms with Crippen LogP contribution < -0.4 is 5.43 Å². The number of rotatable bonds is 2. The molecule has 1 aliphatic heterocycles. The summed E-state index contributed by atoms with van der Waals surface area (Å²) in [6, 6.07) is 11.8. The summed E-state index contributed by atoms with van der Waals surface area (Å²) < 4.78 is 2.09. The van der Waals surface area contributed by atoms with E-state index in [2.05, 4.69) is 28.8 Å². The van der Waals surface area contributed by atoms with Gasteiger partial charge in [0.05, 0.1) is 0 Å². The van der Waals surface area contributed by atoms with Crippen molar-refractivity contribution in [3.05, 3.63) is 64.6 Å². The second kappa shape index (κ2) is 4.41. The van der Waals surface area contributed by atoms with Gasteiger partial charge in [-0.25, -0.2) is 0 Å². The minimum absolute atomic E-state index is 0.0728. The molecule has 1 atom stereocenters. The largest absolute Gasteiger partial charge is 0.353 e. The first kappa shape index (κ1) is 10.7. The third-order valence-electron chi connectivity index (χ3n) is 2.99. The van der Waals surface area contributed by atoms with E-state index in [1.165, 1.54) is 10.5 Å². The van der Waals surface area contributed by atoms with Crippen LogP contribution in [0.4, 0.5) is 0 Å². The summed E-state index contributed by atoms with van der Waals surface area (Å²) in [5.74, 6) is 0. The lowest BCUT2D eigenvalue weighted by Crippen LogP contribution is -2.13. The molecule has 0 spiro atoms. The first-order valence-electron chi connectivity index (χ1n) is 5.72. The Kier molecular flexibility index (Phi) is 2.77. The highest BCUT2D eigenvalue weighted by atomic mass is 32.2. The Morgan fingerprint density at radius 3 is 2.71 bits per heavy atom. The van der Waals surface area contributed by atoms with Crippen molar-refractivity contribution < 1.29 is 0 Å². The van der Waals surface area contributed by atoms with E-state index in [0.717, 1.165) is 13.0 Å². The predicted octanol–water partition coefficient (Wildman–Crippen LogP) is 2.57. The molecule has 0 fully saturated rings. The van der Waals surface area contributed by atoms with Crippen molar-refractivity contribution >= 4 is 11.8 Å². The Morgan fingerprint density at radius 1 is 1.18 bits per heavy atom. The van der Waals surface area contributed by atoms with Gasteiger partial charge in [-0.05, 0) is 18.1 Å². The van der Waals surface area contributed by atoms with Gasteiger partial charge in [-0.3, -0.25) is 4.79 Å². The van der Waals surface area contributed by atoms with Crippen LogP contribution in [0.3, 0.4) is 0 Å². The third kappa shape index (κ3) is 2.29. The molecule has 1 unspecified atom stereocenters. The monoisotopic (exact) mass is 243 g/mol. The molecule has 0 N–H and O–H groups in total. The number of benzene rings is 1. The Morgan fingerprint density at radius 2 is 1.94 bits per heavy atom. The lowest BCUT2D eigenvalue weighted by molar-refractivity contribution is 0.659. The number of thioether (sulfide) groups is 1. The molecule has 3 rings (SSSR count). The Labute approximate surface area is 104 Å². The van der Waals surface area contributed by atoms with Gasteiger partial charge >= 0.3 is 0 Å². The molecule has 17 heavy (non-hydrogen) atoms. The van der Waals surface area contributed by atoms with Gasteiger partial charge < -0.3 is 4.57 Å². The highest BCUT2D eigenvalue weighted by Crippen LogP contribution is 2.37. The lowest BCUT2D eigenvalue weighted by Gasteiger charge is -2.11. The summed E-state index contributed by atoms with van der Waals surface area (Å²) in [5.41, 5.74) is 1.52. The zero-order chi connectivity index (χ0) is 11.7. The molecule has 86 valence electrons. The van der Waals surface area contributed by atoms with Crippen LogP contribution in [0.25, 0.3) is 0 Å². The van der Waals surface area contributed by atoms with E-state index in [1.807, 2.05) is 24.2 Å². The summed E-state index contributed by atoms with van der Waals surface area (Å²) in [5, 5.41) is 0.579. The first-order chi connectivity index (χ1) is 8.31. The van der Waals surface area contributed by atoms with Crippen LogP contribution in [0, 0.1) is 0 Å². The predicted molar refractivity (Wildman–Crippen MR) is 70.5 cm³/mol. The van der Waals surface area contributed by atoms with E-state index in [9.17, 15) is 4.79 Å².